The molecule has 0 amide bonds. The Morgan fingerprint density at radius 3 is 2.06 bits per heavy atom. The topological polar surface area (TPSA) is 29.3 Å². The molecule has 0 fully saturated rings. The summed E-state index contributed by atoms with van der Waals surface area (Å²) in [7, 11) is 0. The number of rotatable bonds is 3. The first kappa shape index (κ1) is 11.3. The fourth-order valence-corrected chi connectivity index (χ4v) is 2.56. The first-order chi connectivity index (χ1) is 8.86. The van der Waals surface area contributed by atoms with Crippen molar-refractivity contribution < 1.29 is 0 Å². The number of anilines is 1. The highest BCUT2D eigenvalue weighted by molar-refractivity contribution is 5.52. The van der Waals surface area contributed by atoms with E-state index < -0.39 is 0 Å². The lowest BCUT2D eigenvalue weighted by Crippen LogP contribution is -2.14. The lowest BCUT2D eigenvalue weighted by Gasteiger charge is -2.18. The van der Waals surface area contributed by atoms with E-state index in [0.717, 1.165) is 19.5 Å². The highest BCUT2D eigenvalue weighted by Crippen LogP contribution is 2.28. The third-order valence-electron chi connectivity index (χ3n) is 3.58. The van der Waals surface area contributed by atoms with Crippen LogP contribution in [0, 0.1) is 0 Å². The summed E-state index contributed by atoms with van der Waals surface area (Å²) >= 11 is 0. The van der Waals surface area contributed by atoms with E-state index in [1.54, 1.807) is 0 Å². The molecule has 0 bridgehead atoms. The van der Waals surface area contributed by atoms with Crippen LogP contribution in [-0.2, 0) is 19.5 Å². The number of benzene rings is 2. The summed E-state index contributed by atoms with van der Waals surface area (Å²) in [5.74, 6) is 0. The zero-order valence-corrected chi connectivity index (χ0v) is 10.5. The maximum Gasteiger partial charge on any atom is 0.0436 e. The molecule has 0 spiro atoms. The smallest absolute Gasteiger partial charge is 0.0436 e. The molecule has 92 valence electrons. The van der Waals surface area contributed by atoms with Gasteiger partial charge >= 0.3 is 0 Å². The number of fused-ring (bicyclic) bond motifs is 1. The minimum absolute atomic E-state index is 0.717. The van der Waals surface area contributed by atoms with Crippen LogP contribution in [0.1, 0.15) is 16.7 Å². The van der Waals surface area contributed by atoms with E-state index in [1.807, 2.05) is 0 Å². The molecule has 2 aromatic carbocycles. The molecule has 0 radical (unpaired) electrons. The maximum atomic E-state index is 5.57. The monoisotopic (exact) mass is 238 g/mol. The SMILES string of the molecule is NCCc1ccc(N2Cc3ccccc3C2)cc1. The van der Waals surface area contributed by atoms with Gasteiger partial charge in [0.1, 0.15) is 0 Å². The van der Waals surface area contributed by atoms with Crippen LogP contribution in [0.4, 0.5) is 5.69 Å². The van der Waals surface area contributed by atoms with Gasteiger partial charge in [0.2, 0.25) is 0 Å². The Bertz CT molecular complexity index is 506. The third kappa shape index (κ3) is 2.12. The van der Waals surface area contributed by atoms with E-state index in [9.17, 15) is 0 Å². The van der Waals surface area contributed by atoms with Gasteiger partial charge in [-0.1, -0.05) is 36.4 Å². The predicted octanol–water partition coefficient (Wildman–Crippen LogP) is 2.71. The molecule has 1 aliphatic rings. The van der Waals surface area contributed by atoms with Gasteiger partial charge in [-0.25, -0.2) is 0 Å². The molecule has 3 rings (SSSR count). The van der Waals surface area contributed by atoms with Gasteiger partial charge in [0, 0.05) is 18.8 Å². The number of hydrogen-bond acceptors (Lipinski definition) is 2. The zero-order valence-electron chi connectivity index (χ0n) is 10.5. The summed E-state index contributed by atoms with van der Waals surface area (Å²) in [4.78, 5) is 2.41. The van der Waals surface area contributed by atoms with Crippen molar-refractivity contribution in [1.82, 2.24) is 0 Å². The first-order valence-electron chi connectivity index (χ1n) is 6.47. The van der Waals surface area contributed by atoms with Crippen LogP contribution in [0.15, 0.2) is 48.5 Å². The van der Waals surface area contributed by atoms with Crippen molar-refractivity contribution in [3.63, 3.8) is 0 Å². The number of hydrogen-bond donors (Lipinski definition) is 1. The Balaban J connectivity index is 1.78. The predicted molar refractivity (Wildman–Crippen MR) is 75.5 cm³/mol. The van der Waals surface area contributed by atoms with Crippen molar-refractivity contribution in [3.8, 4) is 0 Å². The lowest BCUT2D eigenvalue weighted by molar-refractivity contribution is 0.878. The van der Waals surface area contributed by atoms with Gasteiger partial charge in [-0.2, -0.15) is 0 Å². The molecule has 0 aliphatic carbocycles. The van der Waals surface area contributed by atoms with Crippen molar-refractivity contribution in [3.05, 3.63) is 65.2 Å². The Hall–Kier alpha value is -1.80. The van der Waals surface area contributed by atoms with E-state index in [-0.39, 0.29) is 0 Å². The Morgan fingerprint density at radius 2 is 1.50 bits per heavy atom. The van der Waals surface area contributed by atoms with Crippen LogP contribution in [0.5, 0.6) is 0 Å². The molecule has 2 N–H and O–H groups in total. The van der Waals surface area contributed by atoms with Crippen molar-refractivity contribution in [1.29, 1.82) is 0 Å². The molecule has 0 saturated heterocycles. The quantitative estimate of drug-likeness (QED) is 0.891. The summed E-state index contributed by atoms with van der Waals surface area (Å²) in [5.41, 5.74) is 11.1. The number of nitrogens with two attached hydrogens (primary N) is 1. The van der Waals surface area contributed by atoms with E-state index >= 15 is 0 Å². The second kappa shape index (κ2) is 4.83. The molecular formula is C16H18N2. The van der Waals surface area contributed by atoms with E-state index in [4.69, 9.17) is 5.73 Å². The second-order valence-corrected chi connectivity index (χ2v) is 4.83. The van der Waals surface area contributed by atoms with Crippen LogP contribution in [-0.4, -0.2) is 6.54 Å². The molecular weight excluding hydrogens is 220 g/mol. The normalized spacial score (nSPS) is 13.7. The van der Waals surface area contributed by atoms with Crippen molar-refractivity contribution >= 4 is 5.69 Å². The van der Waals surface area contributed by atoms with Gasteiger partial charge in [0.25, 0.3) is 0 Å². The molecule has 2 heteroatoms. The van der Waals surface area contributed by atoms with E-state index in [0.29, 0.717) is 6.54 Å². The summed E-state index contributed by atoms with van der Waals surface area (Å²) in [5, 5.41) is 0. The summed E-state index contributed by atoms with van der Waals surface area (Å²) in [6, 6.07) is 17.5. The van der Waals surface area contributed by atoms with Crippen LogP contribution in [0.3, 0.4) is 0 Å². The summed E-state index contributed by atoms with van der Waals surface area (Å²) in [6.07, 6.45) is 0.959. The minimum Gasteiger partial charge on any atom is -0.363 e. The highest BCUT2D eigenvalue weighted by Gasteiger charge is 2.18. The molecule has 0 aromatic heterocycles. The average Bonchev–Trinajstić information content (AvgIpc) is 2.84. The fraction of sp³-hybridized carbons (Fsp3) is 0.250. The lowest BCUT2D eigenvalue weighted by atomic mass is 10.1. The molecule has 1 heterocycles. The van der Waals surface area contributed by atoms with Crippen LogP contribution < -0.4 is 10.6 Å². The molecule has 0 atom stereocenters. The van der Waals surface area contributed by atoms with Gasteiger partial charge < -0.3 is 10.6 Å². The van der Waals surface area contributed by atoms with Gasteiger partial charge in [-0.15, -0.1) is 0 Å². The maximum absolute atomic E-state index is 5.57. The summed E-state index contributed by atoms with van der Waals surface area (Å²) < 4.78 is 0. The average molecular weight is 238 g/mol. The van der Waals surface area contributed by atoms with Crippen LogP contribution in [0.25, 0.3) is 0 Å². The Morgan fingerprint density at radius 1 is 0.889 bits per heavy atom. The van der Waals surface area contributed by atoms with E-state index in [2.05, 4.69) is 53.4 Å². The first-order valence-corrected chi connectivity index (χ1v) is 6.47. The van der Waals surface area contributed by atoms with Crippen molar-refractivity contribution in [2.24, 2.45) is 5.73 Å². The molecule has 2 nitrogen and oxygen atoms in total. The van der Waals surface area contributed by atoms with Crippen molar-refractivity contribution in [2.75, 3.05) is 11.4 Å². The molecule has 1 aliphatic heterocycles. The van der Waals surface area contributed by atoms with Gasteiger partial charge in [0.05, 0.1) is 0 Å². The third-order valence-corrected chi connectivity index (χ3v) is 3.58. The Labute approximate surface area is 108 Å². The fourth-order valence-electron chi connectivity index (χ4n) is 2.56. The minimum atomic E-state index is 0.717. The zero-order chi connectivity index (χ0) is 12.4. The summed E-state index contributed by atoms with van der Waals surface area (Å²) in [6.45, 7) is 2.76. The Kier molecular flexibility index (Phi) is 3.03. The van der Waals surface area contributed by atoms with E-state index in [1.165, 1.54) is 22.4 Å². The van der Waals surface area contributed by atoms with Gasteiger partial charge in [-0.05, 0) is 41.8 Å². The number of nitrogens with zero attached hydrogens (tertiary/aromatic N) is 1. The van der Waals surface area contributed by atoms with Crippen molar-refractivity contribution in [2.45, 2.75) is 19.5 Å². The highest BCUT2D eigenvalue weighted by atomic mass is 15.1. The van der Waals surface area contributed by atoms with Gasteiger partial charge in [0.15, 0.2) is 0 Å². The molecule has 2 aromatic rings. The second-order valence-electron chi connectivity index (χ2n) is 4.83. The standard InChI is InChI=1S/C16H18N2/c17-10-9-13-5-7-16(8-6-13)18-11-14-3-1-2-4-15(14)12-18/h1-8H,9-12,17H2. The van der Waals surface area contributed by atoms with Gasteiger partial charge in [-0.3, -0.25) is 0 Å². The van der Waals surface area contributed by atoms with Crippen LogP contribution >= 0.6 is 0 Å². The molecule has 0 unspecified atom stereocenters. The molecule has 0 saturated carbocycles. The molecule has 18 heavy (non-hydrogen) atoms. The van der Waals surface area contributed by atoms with Crippen LogP contribution in [0.2, 0.25) is 0 Å². The largest absolute Gasteiger partial charge is 0.363 e.